The van der Waals surface area contributed by atoms with Gasteiger partial charge in [-0.1, -0.05) is 12.1 Å². The molecule has 0 spiro atoms. The van der Waals surface area contributed by atoms with E-state index in [2.05, 4.69) is 20.6 Å². The second kappa shape index (κ2) is 7.54. The molecule has 5 N–H and O–H groups in total. The zero-order valence-corrected chi connectivity index (χ0v) is 12.9. The number of nitrogens with zero attached hydrogens (tertiary/aromatic N) is 2. The normalized spacial score (nSPS) is 29.9. The maximum atomic E-state index is 10.1. The molecule has 8 nitrogen and oxygen atoms in total. The second-order valence-corrected chi connectivity index (χ2v) is 5.52. The van der Waals surface area contributed by atoms with Crippen LogP contribution in [0.2, 0.25) is 0 Å². The first-order valence-corrected chi connectivity index (χ1v) is 7.67. The molecule has 0 aromatic carbocycles. The van der Waals surface area contributed by atoms with Crippen LogP contribution in [0.15, 0.2) is 48.8 Å². The van der Waals surface area contributed by atoms with Gasteiger partial charge in [-0.25, -0.2) is 9.97 Å². The third-order valence-electron chi connectivity index (χ3n) is 3.82. The number of anilines is 2. The highest BCUT2D eigenvalue weighted by Gasteiger charge is 2.43. The maximum absolute atomic E-state index is 10.1. The maximum Gasteiger partial charge on any atom is 0.158 e. The lowest BCUT2D eigenvalue weighted by atomic mass is 9.98. The van der Waals surface area contributed by atoms with E-state index in [4.69, 9.17) is 4.74 Å². The summed E-state index contributed by atoms with van der Waals surface area (Å²) in [5.41, 5.74) is 0. The van der Waals surface area contributed by atoms with Crippen LogP contribution in [0.4, 0.5) is 11.6 Å². The fraction of sp³-hybridized carbons (Fsp3) is 0.375. The van der Waals surface area contributed by atoms with Crippen molar-refractivity contribution in [3.05, 3.63) is 48.8 Å². The number of hydrogen-bond acceptors (Lipinski definition) is 8. The number of pyridine rings is 2. The lowest BCUT2D eigenvalue weighted by molar-refractivity contribution is -0.210. The van der Waals surface area contributed by atoms with Gasteiger partial charge in [0.05, 0.1) is 0 Å². The summed E-state index contributed by atoms with van der Waals surface area (Å²) >= 11 is 0. The van der Waals surface area contributed by atoms with Crippen LogP contribution in [-0.4, -0.2) is 62.5 Å². The van der Waals surface area contributed by atoms with Gasteiger partial charge in [0.2, 0.25) is 0 Å². The van der Waals surface area contributed by atoms with Gasteiger partial charge < -0.3 is 30.7 Å². The zero-order valence-electron chi connectivity index (χ0n) is 12.9. The number of ether oxygens (including phenoxy) is 1. The Bertz CT molecular complexity index is 628. The van der Waals surface area contributed by atoms with Crippen LogP contribution in [0.1, 0.15) is 0 Å². The van der Waals surface area contributed by atoms with Crippen molar-refractivity contribution in [1.29, 1.82) is 0 Å². The fourth-order valence-electron chi connectivity index (χ4n) is 2.50. The molecule has 0 amide bonds. The molecular formula is C16H20N4O4. The second-order valence-electron chi connectivity index (χ2n) is 5.52. The van der Waals surface area contributed by atoms with Crippen molar-refractivity contribution < 1.29 is 20.1 Å². The van der Waals surface area contributed by atoms with Crippen LogP contribution < -0.4 is 10.6 Å². The molecular weight excluding hydrogens is 312 g/mol. The van der Waals surface area contributed by atoms with Crippen molar-refractivity contribution >= 4 is 11.6 Å². The number of aliphatic hydroxyl groups is 3. The minimum atomic E-state index is -1.34. The van der Waals surface area contributed by atoms with E-state index in [0.717, 1.165) is 0 Å². The summed E-state index contributed by atoms with van der Waals surface area (Å²) in [5, 5.41) is 36.3. The van der Waals surface area contributed by atoms with Crippen LogP contribution in [0.5, 0.6) is 0 Å². The van der Waals surface area contributed by atoms with Crippen LogP contribution in [-0.2, 0) is 4.74 Å². The first-order chi connectivity index (χ1) is 11.6. The van der Waals surface area contributed by atoms with Gasteiger partial charge in [0, 0.05) is 18.9 Å². The Morgan fingerprint density at radius 1 is 0.875 bits per heavy atom. The van der Waals surface area contributed by atoms with Crippen LogP contribution in [0, 0.1) is 0 Å². The molecule has 1 aliphatic heterocycles. The summed E-state index contributed by atoms with van der Waals surface area (Å²) in [7, 11) is 0. The third-order valence-corrected chi connectivity index (χ3v) is 3.82. The third kappa shape index (κ3) is 3.80. The molecule has 0 aliphatic carbocycles. The van der Waals surface area contributed by atoms with Crippen LogP contribution in [0.3, 0.4) is 0 Å². The minimum absolute atomic E-state index is 0.225. The molecule has 5 atom stereocenters. The first-order valence-electron chi connectivity index (χ1n) is 7.67. The van der Waals surface area contributed by atoms with Crippen LogP contribution in [0.25, 0.3) is 0 Å². The highest BCUT2D eigenvalue weighted by atomic mass is 16.5. The summed E-state index contributed by atoms with van der Waals surface area (Å²) in [6, 6.07) is 10.7. The molecule has 128 valence electrons. The van der Waals surface area contributed by atoms with Crippen molar-refractivity contribution in [2.45, 2.75) is 30.6 Å². The van der Waals surface area contributed by atoms with E-state index >= 15 is 0 Å². The standard InChI is InChI=1S/C16H20N4O4/c21-13-10(9-19-11-5-1-3-7-17-11)24-16(15(23)14(13)22)20-12-6-2-4-8-18-12/h1-8,10,13-16,21-23H,9H2,(H,17,19)(H,18,20)/t10-,13+,14-,15-,16+/m0/s1. The molecule has 1 saturated heterocycles. The molecule has 3 rings (SSSR count). The predicted octanol–water partition coefficient (Wildman–Crippen LogP) is -0.192. The molecule has 2 aromatic heterocycles. The van der Waals surface area contributed by atoms with Crippen molar-refractivity contribution in [2.24, 2.45) is 0 Å². The zero-order chi connectivity index (χ0) is 16.9. The largest absolute Gasteiger partial charge is 0.388 e. The van der Waals surface area contributed by atoms with E-state index in [1.165, 1.54) is 0 Å². The topological polar surface area (TPSA) is 120 Å². The van der Waals surface area contributed by atoms with E-state index in [9.17, 15) is 15.3 Å². The lowest BCUT2D eigenvalue weighted by Gasteiger charge is -2.41. The van der Waals surface area contributed by atoms with Gasteiger partial charge in [-0.15, -0.1) is 0 Å². The molecule has 2 aromatic rings. The van der Waals surface area contributed by atoms with Crippen molar-refractivity contribution in [3.8, 4) is 0 Å². The number of nitrogens with one attached hydrogen (secondary N) is 2. The molecule has 0 unspecified atom stereocenters. The van der Waals surface area contributed by atoms with Gasteiger partial charge in [-0.2, -0.15) is 0 Å². The van der Waals surface area contributed by atoms with Crippen LogP contribution >= 0.6 is 0 Å². The smallest absolute Gasteiger partial charge is 0.158 e. The molecule has 1 aliphatic rings. The Morgan fingerprint density at radius 3 is 2.17 bits per heavy atom. The summed E-state index contributed by atoms with van der Waals surface area (Å²) in [6.45, 7) is 0.225. The van der Waals surface area contributed by atoms with E-state index in [1.807, 2.05) is 6.07 Å². The Hall–Kier alpha value is -2.26. The SMILES string of the molecule is O[C@H]1[C@H](O)[C@H](CNc2ccccn2)O[C@@H](Nc2ccccn2)[C@H]1O. The number of hydrogen-bond donors (Lipinski definition) is 5. The Labute approximate surface area is 139 Å². The molecule has 3 heterocycles. The van der Waals surface area contributed by atoms with Gasteiger partial charge in [-0.05, 0) is 24.3 Å². The molecule has 24 heavy (non-hydrogen) atoms. The number of rotatable bonds is 5. The van der Waals surface area contributed by atoms with Gasteiger partial charge in [0.15, 0.2) is 6.23 Å². The van der Waals surface area contributed by atoms with Crippen molar-refractivity contribution in [3.63, 3.8) is 0 Å². The fourth-order valence-corrected chi connectivity index (χ4v) is 2.50. The molecule has 0 radical (unpaired) electrons. The molecule has 8 heteroatoms. The van der Waals surface area contributed by atoms with Crippen molar-refractivity contribution in [1.82, 2.24) is 9.97 Å². The number of aliphatic hydroxyl groups excluding tert-OH is 3. The summed E-state index contributed by atoms with van der Waals surface area (Å²) in [6.07, 6.45) is -2.23. The summed E-state index contributed by atoms with van der Waals surface area (Å²) in [4.78, 5) is 8.22. The lowest BCUT2D eigenvalue weighted by Crippen LogP contribution is -2.61. The Kier molecular flexibility index (Phi) is 5.21. The summed E-state index contributed by atoms with van der Waals surface area (Å²) < 4.78 is 5.71. The average Bonchev–Trinajstić information content (AvgIpc) is 2.63. The highest BCUT2D eigenvalue weighted by molar-refractivity contribution is 5.35. The Morgan fingerprint density at radius 2 is 1.54 bits per heavy atom. The van der Waals surface area contributed by atoms with E-state index in [-0.39, 0.29) is 6.54 Å². The Balaban J connectivity index is 1.65. The average molecular weight is 332 g/mol. The molecule has 0 bridgehead atoms. The van der Waals surface area contributed by atoms with Gasteiger partial charge >= 0.3 is 0 Å². The van der Waals surface area contributed by atoms with Gasteiger partial charge in [0.25, 0.3) is 0 Å². The number of aromatic nitrogens is 2. The monoisotopic (exact) mass is 332 g/mol. The minimum Gasteiger partial charge on any atom is -0.388 e. The van der Waals surface area contributed by atoms with E-state index < -0.39 is 30.6 Å². The molecule has 1 fully saturated rings. The quantitative estimate of drug-likeness (QED) is 0.511. The van der Waals surface area contributed by atoms with E-state index in [0.29, 0.717) is 11.6 Å². The van der Waals surface area contributed by atoms with E-state index in [1.54, 1.807) is 42.7 Å². The van der Waals surface area contributed by atoms with Gasteiger partial charge in [0.1, 0.15) is 36.1 Å². The molecule has 0 saturated carbocycles. The summed E-state index contributed by atoms with van der Waals surface area (Å²) in [5.74, 6) is 1.13. The van der Waals surface area contributed by atoms with Gasteiger partial charge in [-0.3, -0.25) is 0 Å². The highest BCUT2D eigenvalue weighted by Crippen LogP contribution is 2.22. The van der Waals surface area contributed by atoms with Crippen molar-refractivity contribution in [2.75, 3.05) is 17.2 Å². The first kappa shape index (κ1) is 16.6. The predicted molar refractivity (Wildman–Crippen MR) is 87.3 cm³/mol.